The summed E-state index contributed by atoms with van der Waals surface area (Å²) in [5.74, 6) is 0. The van der Waals surface area contributed by atoms with Crippen LogP contribution in [-0.2, 0) is 14.7 Å². The molecule has 2 heterocycles. The first-order valence-electron chi connectivity index (χ1n) is 5.28. The number of nitriles is 1. The Morgan fingerprint density at radius 1 is 1.28 bits per heavy atom. The first-order chi connectivity index (χ1) is 8.62. The van der Waals surface area contributed by atoms with Crippen LogP contribution in [0.1, 0.15) is 11.1 Å². The lowest BCUT2D eigenvalue weighted by Gasteiger charge is -2.08. The Morgan fingerprint density at radius 3 is 2.67 bits per heavy atom. The number of nitrogens with zero attached hydrogens (tertiary/aromatic N) is 2. The van der Waals surface area contributed by atoms with Gasteiger partial charge in [0.1, 0.15) is 5.71 Å². The Labute approximate surface area is 104 Å². The normalized spacial score (nSPS) is 27.2. The molecule has 0 saturated heterocycles. The lowest BCUT2D eigenvalue weighted by Crippen LogP contribution is -2.31. The summed E-state index contributed by atoms with van der Waals surface area (Å²) in [6.45, 7) is 0. The second kappa shape index (κ2) is 3.68. The first kappa shape index (κ1) is 11.0. The van der Waals surface area contributed by atoms with E-state index in [0.717, 1.165) is 0 Å². The number of benzene rings is 1. The van der Waals surface area contributed by atoms with Crippen molar-refractivity contribution >= 4 is 15.5 Å². The lowest BCUT2D eigenvalue weighted by atomic mass is 10.0. The van der Waals surface area contributed by atoms with E-state index >= 15 is 0 Å². The molecule has 18 heavy (non-hydrogen) atoms. The summed E-state index contributed by atoms with van der Waals surface area (Å²) in [6.07, 6.45) is 0.973. The molecule has 3 rings (SSSR count). The molecule has 0 spiro atoms. The molecule has 1 aromatic carbocycles. The van der Waals surface area contributed by atoms with Crippen molar-refractivity contribution in [3.8, 4) is 6.07 Å². The van der Waals surface area contributed by atoms with Crippen molar-refractivity contribution < 1.29 is 13.3 Å². The maximum Gasteiger partial charge on any atom is 0.184 e. The van der Waals surface area contributed by atoms with Gasteiger partial charge in [0.05, 0.1) is 11.6 Å². The number of fused-ring (bicyclic) bond motifs is 1. The van der Waals surface area contributed by atoms with Gasteiger partial charge in [0.25, 0.3) is 0 Å². The third-order valence-electron chi connectivity index (χ3n) is 2.96. The van der Waals surface area contributed by atoms with Gasteiger partial charge < -0.3 is 4.84 Å². The topological polar surface area (TPSA) is 79.5 Å². The maximum absolute atomic E-state index is 11.9. The van der Waals surface area contributed by atoms with Gasteiger partial charge in [-0.2, -0.15) is 5.26 Å². The predicted octanol–water partition coefficient (Wildman–Crippen LogP) is 0.972. The zero-order valence-corrected chi connectivity index (χ0v) is 9.96. The minimum absolute atomic E-state index is 0.398. The van der Waals surface area contributed by atoms with Crippen LogP contribution in [0.5, 0.6) is 0 Å². The van der Waals surface area contributed by atoms with E-state index in [-0.39, 0.29) is 0 Å². The van der Waals surface area contributed by atoms with Crippen molar-refractivity contribution in [1.82, 2.24) is 0 Å². The molecule has 0 N–H and O–H groups in total. The van der Waals surface area contributed by atoms with Crippen LogP contribution >= 0.6 is 0 Å². The monoisotopic (exact) mass is 260 g/mol. The molecule has 5 nitrogen and oxygen atoms in total. The summed E-state index contributed by atoms with van der Waals surface area (Å²) >= 11 is 0. The van der Waals surface area contributed by atoms with Gasteiger partial charge in [-0.15, -0.1) is 0 Å². The van der Waals surface area contributed by atoms with E-state index in [1.807, 2.05) is 6.07 Å². The molecule has 0 aliphatic carbocycles. The van der Waals surface area contributed by atoms with Crippen LogP contribution in [0.25, 0.3) is 0 Å². The van der Waals surface area contributed by atoms with Gasteiger partial charge in [-0.3, -0.25) is 0 Å². The Hall–Kier alpha value is -2.13. The Kier molecular flexibility index (Phi) is 2.25. The van der Waals surface area contributed by atoms with Crippen molar-refractivity contribution in [1.29, 1.82) is 5.26 Å². The molecule has 2 unspecified atom stereocenters. The molecule has 0 bridgehead atoms. The molecule has 0 radical (unpaired) electrons. The maximum atomic E-state index is 11.9. The number of sulfone groups is 1. The standard InChI is InChI=1S/C12H8N2O3S/c13-7-8-1-3-9(4-2-8)11-12-10(17-14-11)5-6-18(12,15)16/h1-6,10,12H. The van der Waals surface area contributed by atoms with Gasteiger partial charge in [0.2, 0.25) is 0 Å². The highest BCUT2D eigenvalue weighted by molar-refractivity contribution is 7.96. The van der Waals surface area contributed by atoms with Crippen LogP contribution in [-0.4, -0.2) is 25.5 Å². The van der Waals surface area contributed by atoms with Crippen molar-refractivity contribution in [2.24, 2.45) is 5.16 Å². The van der Waals surface area contributed by atoms with Gasteiger partial charge in [-0.05, 0) is 18.2 Å². The second-order valence-electron chi connectivity index (χ2n) is 4.07. The minimum atomic E-state index is -3.34. The molecule has 6 heteroatoms. The molecule has 0 saturated carbocycles. The highest BCUT2D eigenvalue weighted by atomic mass is 32.2. The number of oxime groups is 1. The van der Waals surface area contributed by atoms with E-state index in [1.165, 1.54) is 11.5 Å². The summed E-state index contributed by atoms with van der Waals surface area (Å²) in [5, 5.41) is 13.0. The largest absolute Gasteiger partial charge is 0.386 e. The summed E-state index contributed by atoms with van der Waals surface area (Å²) in [4.78, 5) is 5.09. The smallest absolute Gasteiger partial charge is 0.184 e. The third kappa shape index (κ3) is 1.52. The summed E-state index contributed by atoms with van der Waals surface area (Å²) in [5.41, 5.74) is 1.57. The Bertz CT molecular complexity index is 696. The predicted molar refractivity (Wildman–Crippen MR) is 64.4 cm³/mol. The fourth-order valence-electron chi connectivity index (χ4n) is 2.06. The number of rotatable bonds is 1. The van der Waals surface area contributed by atoms with Crippen LogP contribution in [0.4, 0.5) is 0 Å². The fraction of sp³-hybridized carbons (Fsp3) is 0.167. The SMILES string of the molecule is N#Cc1ccc(C2=NOC3C=CS(=O)(=O)C23)cc1. The Balaban J connectivity index is 2.01. The molecule has 0 fully saturated rings. The lowest BCUT2D eigenvalue weighted by molar-refractivity contribution is 0.123. The van der Waals surface area contributed by atoms with Crippen molar-refractivity contribution in [2.45, 2.75) is 11.4 Å². The molecule has 90 valence electrons. The van der Waals surface area contributed by atoms with Crippen molar-refractivity contribution in [2.75, 3.05) is 0 Å². The zero-order chi connectivity index (χ0) is 12.8. The van der Waals surface area contributed by atoms with Gasteiger partial charge in [0.15, 0.2) is 21.2 Å². The van der Waals surface area contributed by atoms with Gasteiger partial charge in [-0.25, -0.2) is 8.42 Å². The average molecular weight is 260 g/mol. The van der Waals surface area contributed by atoms with E-state index in [0.29, 0.717) is 16.8 Å². The van der Waals surface area contributed by atoms with E-state index in [2.05, 4.69) is 5.16 Å². The van der Waals surface area contributed by atoms with Crippen LogP contribution in [0, 0.1) is 11.3 Å². The molecule has 0 aromatic heterocycles. The molecule has 2 atom stereocenters. The van der Waals surface area contributed by atoms with Gasteiger partial charge >= 0.3 is 0 Å². The number of hydrogen-bond acceptors (Lipinski definition) is 5. The fourth-order valence-corrected chi connectivity index (χ4v) is 3.61. The zero-order valence-electron chi connectivity index (χ0n) is 9.15. The quantitative estimate of drug-likeness (QED) is 0.753. The van der Waals surface area contributed by atoms with Gasteiger partial charge in [-0.1, -0.05) is 17.3 Å². The van der Waals surface area contributed by atoms with Crippen molar-refractivity contribution in [3.63, 3.8) is 0 Å². The molecule has 2 aliphatic rings. The van der Waals surface area contributed by atoms with E-state index in [4.69, 9.17) is 10.1 Å². The highest BCUT2D eigenvalue weighted by Crippen LogP contribution is 2.30. The molecular weight excluding hydrogens is 252 g/mol. The third-order valence-corrected chi connectivity index (χ3v) is 4.70. The summed E-state index contributed by atoms with van der Waals surface area (Å²) < 4.78 is 23.7. The Morgan fingerprint density at radius 2 is 2.00 bits per heavy atom. The average Bonchev–Trinajstić information content (AvgIpc) is 2.92. The van der Waals surface area contributed by atoms with E-state index in [1.54, 1.807) is 24.3 Å². The minimum Gasteiger partial charge on any atom is -0.386 e. The highest BCUT2D eigenvalue weighted by Gasteiger charge is 2.46. The van der Waals surface area contributed by atoms with Crippen LogP contribution < -0.4 is 0 Å². The van der Waals surface area contributed by atoms with E-state index < -0.39 is 21.2 Å². The molecular formula is C12H8N2O3S. The van der Waals surface area contributed by atoms with Crippen LogP contribution in [0.2, 0.25) is 0 Å². The summed E-state index contributed by atoms with van der Waals surface area (Å²) in [6, 6.07) is 8.61. The molecule has 0 amide bonds. The van der Waals surface area contributed by atoms with Gasteiger partial charge in [0, 0.05) is 11.0 Å². The number of hydrogen-bond donors (Lipinski definition) is 0. The summed E-state index contributed by atoms with van der Waals surface area (Å²) in [7, 11) is -3.34. The first-order valence-corrected chi connectivity index (χ1v) is 6.89. The van der Waals surface area contributed by atoms with E-state index in [9.17, 15) is 8.42 Å². The molecule has 2 aliphatic heterocycles. The van der Waals surface area contributed by atoms with Crippen LogP contribution in [0.15, 0.2) is 40.9 Å². The molecule has 1 aromatic rings. The van der Waals surface area contributed by atoms with Crippen LogP contribution in [0.3, 0.4) is 0 Å². The van der Waals surface area contributed by atoms with Crippen molar-refractivity contribution in [3.05, 3.63) is 46.9 Å². The second-order valence-corrected chi connectivity index (χ2v) is 6.03.